The molecule has 1 amide bonds. The summed E-state index contributed by atoms with van der Waals surface area (Å²) in [6.07, 6.45) is 0.854. The summed E-state index contributed by atoms with van der Waals surface area (Å²) in [4.78, 5) is 11.3. The largest absolute Gasteiger partial charge is 0.321 e. The lowest BCUT2D eigenvalue weighted by Gasteiger charge is -2.07. The van der Waals surface area contributed by atoms with Crippen molar-refractivity contribution >= 4 is 11.6 Å². The molecular weight excluding hydrogens is 214 g/mol. The van der Waals surface area contributed by atoms with Crippen LogP contribution in [0.15, 0.2) is 18.2 Å². The minimum atomic E-state index is -0.762. The van der Waals surface area contributed by atoms with Crippen molar-refractivity contribution in [1.29, 1.82) is 0 Å². The van der Waals surface area contributed by atoms with Gasteiger partial charge in [0.2, 0.25) is 5.91 Å². The first-order valence-electron chi connectivity index (χ1n) is 5.03. The summed E-state index contributed by atoms with van der Waals surface area (Å²) in [6, 6.07) is 3.46. The number of hydrogen-bond donors (Lipinski definition) is 2. The summed E-state index contributed by atoms with van der Waals surface area (Å²) in [5.41, 5.74) is -0.378. The van der Waals surface area contributed by atoms with Gasteiger partial charge < -0.3 is 10.6 Å². The van der Waals surface area contributed by atoms with Crippen LogP contribution in [0.2, 0.25) is 0 Å². The van der Waals surface area contributed by atoms with Crippen molar-refractivity contribution in [2.45, 2.75) is 12.8 Å². The third-order valence-electron chi connectivity index (χ3n) is 2.06. The Morgan fingerprint density at radius 2 is 1.94 bits per heavy atom. The van der Waals surface area contributed by atoms with Crippen LogP contribution in [0.25, 0.3) is 0 Å². The van der Waals surface area contributed by atoms with Crippen LogP contribution in [0.5, 0.6) is 0 Å². The molecule has 0 bridgehead atoms. The van der Waals surface area contributed by atoms with Crippen molar-refractivity contribution in [3.05, 3.63) is 29.8 Å². The Bertz CT molecular complexity index is 349. The monoisotopic (exact) mass is 228 g/mol. The van der Waals surface area contributed by atoms with Crippen LogP contribution in [0.3, 0.4) is 0 Å². The SMILES string of the molecule is CNCCCC(=O)Nc1c(F)cccc1F. The smallest absolute Gasteiger partial charge is 0.224 e. The minimum Gasteiger partial charge on any atom is -0.321 e. The first-order chi connectivity index (χ1) is 7.65. The van der Waals surface area contributed by atoms with Gasteiger partial charge in [0.05, 0.1) is 0 Å². The summed E-state index contributed by atoms with van der Waals surface area (Å²) < 4.78 is 26.3. The second kappa shape index (κ2) is 6.17. The topological polar surface area (TPSA) is 41.1 Å². The van der Waals surface area contributed by atoms with E-state index in [4.69, 9.17) is 0 Å². The highest BCUT2D eigenvalue weighted by molar-refractivity contribution is 5.90. The van der Waals surface area contributed by atoms with E-state index in [-0.39, 0.29) is 18.0 Å². The third-order valence-corrected chi connectivity index (χ3v) is 2.06. The van der Waals surface area contributed by atoms with Gasteiger partial charge in [-0.3, -0.25) is 4.79 Å². The number of benzene rings is 1. The molecule has 16 heavy (non-hydrogen) atoms. The molecule has 0 saturated carbocycles. The summed E-state index contributed by atoms with van der Waals surface area (Å²) in [7, 11) is 1.77. The molecule has 1 aromatic carbocycles. The lowest BCUT2D eigenvalue weighted by atomic mass is 10.2. The van der Waals surface area contributed by atoms with Crippen LogP contribution in [0.4, 0.5) is 14.5 Å². The van der Waals surface area contributed by atoms with Gasteiger partial charge in [-0.25, -0.2) is 8.78 Å². The van der Waals surface area contributed by atoms with Crippen LogP contribution in [-0.4, -0.2) is 19.5 Å². The molecule has 0 aliphatic heterocycles. The fourth-order valence-electron chi connectivity index (χ4n) is 1.24. The van der Waals surface area contributed by atoms with Crippen LogP contribution in [0, 0.1) is 11.6 Å². The number of para-hydroxylation sites is 1. The zero-order chi connectivity index (χ0) is 12.0. The highest BCUT2D eigenvalue weighted by Crippen LogP contribution is 2.18. The number of carbonyl (C=O) groups is 1. The van der Waals surface area contributed by atoms with Gasteiger partial charge in [0.1, 0.15) is 17.3 Å². The first-order valence-corrected chi connectivity index (χ1v) is 5.03. The van der Waals surface area contributed by atoms with Crippen molar-refractivity contribution in [3.63, 3.8) is 0 Å². The number of amides is 1. The fourth-order valence-corrected chi connectivity index (χ4v) is 1.24. The number of nitrogens with one attached hydrogen (secondary N) is 2. The molecule has 0 radical (unpaired) electrons. The maximum atomic E-state index is 13.1. The summed E-state index contributed by atoms with van der Waals surface area (Å²) in [5, 5.41) is 5.10. The van der Waals surface area contributed by atoms with Gasteiger partial charge in [-0.05, 0) is 32.1 Å². The molecule has 0 fully saturated rings. The Hall–Kier alpha value is -1.49. The number of rotatable bonds is 5. The molecule has 88 valence electrons. The van der Waals surface area contributed by atoms with Gasteiger partial charge >= 0.3 is 0 Å². The normalized spacial score (nSPS) is 10.2. The summed E-state index contributed by atoms with van der Waals surface area (Å²) >= 11 is 0. The lowest BCUT2D eigenvalue weighted by molar-refractivity contribution is -0.116. The predicted molar refractivity (Wildman–Crippen MR) is 58.1 cm³/mol. The molecule has 0 unspecified atom stereocenters. The number of hydrogen-bond acceptors (Lipinski definition) is 2. The molecule has 3 nitrogen and oxygen atoms in total. The highest BCUT2D eigenvalue weighted by Gasteiger charge is 2.11. The van der Waals surface area contributed by atoms with Crippen molar-refractivity contribution in [2.75, 3.05) is 18.9 Å². The van der Waals surface area contributed by atoms with E-state index in [2.05, 4.69) is 10.6 Å². The highest BCUT2D eigenvalue weighted by atomic mass is 19.1. The number of anilines is 1. The Morgan fingerprint density at radius 3 is 2.50 bits per heavy atom. The first kappa shape index (κ1) is 12.6. The quantitative estimate of drug-likeness (QED) is 0.756. The standard InChI is InChI=1S/C11H14F2N2O/c1-14-7-3-6-10(16)15-11-8(12)4-2-5-9(11)13/h2,4-5,14H,3,6-7H2,1H3,(H,15,16). The fraction of sp³-hybridized carbons (Fsp3) is 0.364. The molecule has 0 aliphatic rings. The lowest BCUT2D eigenvalue weighted by Crippen LogP contribution is -2.16. The Morgan fingerprint density at radius 1 is 1.31 bits per heavy atom. The molecule has 5 heteroatoms. The predicted octanol–water partition coefficient (Wildman–Crippen LogP) is 1.90. The molecule has 1 aromatic rings. The van der Waals surface area contributed by atoms with Crippen molar-refractivity contribution < 1.29 is 13.6 Å². The van der Waals surface area contributed by atoms with E-state index in [0.717, 1.165) is 12.1 Å². The summed E-state index contributed by atoms with van der Waals surface area (Å²) in [5.74, 6) is -1.91. The van der Waals surface area contributed by atoms with Gasteiger partial charge in [-0.15, -0.1) is 0 Å². The minimum absolute atomic E-state index is 0.231. The van der Waals surface area contributed by atoms with Gasteiger partial charge in [-0.2, -0.15) is 0 Å². The third kappa shape index (κ3) is 3.58. The summed E-state index contributed by atoms with van der Waals surface area (Å²) in [6.45, 7) is 0.688. The molecule has 1 rings (SSSR count). The molecular formula is C11H14F2N2O. The van der Waals surface area contributed by atoms with Gasteiger partial charge in [-0.1, -0.05) is 6.07 Å². The van der Waals surface area contributed by atoms with Crippen molar-refractivity contribution in [1.82, 2.24) is 5.32 Å². The Kier molecular flexibility index (Phi) is 4.85. The van der Waals surface area contributed by atoms with E-state index >= 15 is 0 Å². The van der Waals surface area contributed by atoms with E-state index in [1.165, 1.54) is 6.07 Å². The maximum absolute atomic E-state index is 13.1. The van der Waals surface area contributed by atoms with Crippen LogP contribution < -0.4 is 10.6 Å². The van der Waals surface area contributed by atoms with E-state index in [1.807, 2.05) is 0 Å². The van der Waals surface area contributed by atoms with E-state index in [1.54, 1.807) is 7.05 Å². The zero-order valence-electron chi connectivity index (χ0n) is 9.02. The van der Waals surface area contributed by atoms with Gasteiger partial charge in [0, 0.05) is 6.42 Å². The average molecular weight is 228 g/mol. The second-order valence-corrected chi connectivity index (χ2v) is 3.35. The molecule has 0 aromatic heterocycles. The second-order valence-electron chi connectivity index (χ2n) is 3.35. The molecule has 0 aliphatic carbocycles. The Labute approximate surface area is 92.8 Å². The van der Waals surface area contributed by atoms with Crippen LogP contribution in [0.1, 0.15) is 12.8 Å². The maximum Gasteiger partial charge on any atom is 0.224 e. The molecule has 0 spiro atoms. The molecule has 0 atom stereocenters. The molecule has 0 heterocycles. The van der Waals surface area contributed by atoms with Crippen molar-refractivity contribution in [2.24, 2.45) is 0 Å². The number of carbonyl (C=O) groups excluding carboxylic acids is 1. The van der Waals surface area contributed by atoms with Crippen molar-refractivity contribution in [3.8, 4) is 0 Å². The molecule has 0 saturated heterocycles. The van der Waals surface area contributed by atoms with Gasteiger partial charge in [0.25, 0.3) is 0 Å². The van der Waals surface area contributed by atoms with Gasteiger partial charge in [0.15, 0.2) is 0 Å². The van der Waals surface area contributed by atoms with Crippen LogP contribution in [-0.2, 0) is 4.79 Å². The van der Waals surface area contributed by atoms with Crippen LogP contribution >= 0.6 is 0 Å². The van der Waals surface area contributed by atoms with E-state index in [0.29, 0.717) is 13.0 Å². The zero-order valence-corrected chi connectivity index (χ0v) is 9.02. The van der Waals surface area contributed by atoms with E-state index < -0.39 is 11.6 Å². The van der Waals surface area contributed by atoms with E-state index in [9.17, 15) is 13.6 Å². The Balaban J connectivity index is 2.56. The molecule has 2 N–H and O–H groups in total. The average Bonchev–Trinajstić information content (AvgIpc) is 2.24. The number of halogens is 2.